The second-order valence-electron chi connectivity index (χ2n) is 6.87. The number of rotatable bonds is 9. The maximum absolute atomic E-state index is 12.7. The molecule has 0 heterocycles. The monoisotopic (exact) mass is 430 g/mol. The smallest absolute Gasteiger partial charge is 0.416 e. The van der Waals surface area contributed by atoms with Gasteiger partial charge in [0.05, 0.1) is 12.2 Å². The van der Waals surface area contributed by atoms with Crippen LogP contribution in [-0.4, -0.2) is 17.7 Å². The van der Waals surface area contributed by atoms with Gasteiger partial charge in [0.1, 0.15) is 17.2 Å². The van der Waals surface area contributed by atoms with Crippen LogP contribution in [0.1, 0.15) is 23.1 Å². The summed E-state index contributed by atoms with van der Waals surface area (Å²) in [5, 5.41) is 8.97. The van der Waals surface area contributed by atoms with Crippen molar-refractivity contribution >= 4 is 5.97 Å². The molecule has 1 N–H and O–H groups in total. The molecule has 3 rings (SSSR count). The quantitative estimate of drug-likeness (QED) is 0.443. The Morgan fingerprint density at radius 2 is 1.55 bits per heavy atom. The summed E-state index contributed by atoms with van der Waals surface area (Å²) in [4.78, 5) is 10.9. The van der Waals surface area contributed by atoms with Crippen LogP contribution < -0.4 is 9.47 Å². The Balaban J connectivity index is 1.73. The number of carboxylic acid groups (broad SMARTS) is 1. The van der Waals surface area contributed by atoms with Crippen LogP contribution in [0.3, 0.4) is 0 Å². The van der Waals surface area contributed by atoms with E-state index in [9.17, 15) is 18.0 Å². The largest absolute Gasteiger partial charge is 0.493 e. The van der Waals surface area contributed by atoms with Crippen LogP contribution in [-0.2, 0) is 23.8 Å². The highest BCUT2D eigenvalue weighted by atomic mass is 19.4. The van der Waals surface area contributed by atoms with Gasteiger partial charge in [0, 0.05) is 18.9 Å². The maximum atomic E-state index is 12.7. The van der Waals surface area contributed by atoms with E-state index in [1.54, 1.807) is 18.2 Å². The van der Waals surface area contributed by atoms with E-state index in [0.29, 0.717) is 24.5 Å². The Morgan fingerprint density at radius 3 is 2.19 bits per heavy atom. The minimum Gasteiger partial charge on any atom is -0.493 e. The third-order valence-corrected chi connectivity index (χ3v) is 4.56. The lowest BCUT2D eigenvalue weighted by molar-refractivity contribution is -0.138. The normalized spacial score (nSPS) is 11.2. The summed E-state index contributed by atoms with van der Waals surface area (Å²) in [6.45, 7) is 0.383. The zero-order valence-electron chi connectivity index (χ0n) is 16.6. The summed E-state index contributed by atoms with van der Waals surface area (Å²) >= 11 is 0. The molecule has 0 aliphatic carbocycles. The molecule has 0 aliphatic rings. The van der Waals surface area contributed by atoms with Crippen molar-refractivity contribution in [3.05, 3.63) is 89.5 Å². The zero-order valence-corrected chi connectivity index (χ0v) is 16.6. The second-order valence-corrected chi connectivity index (χ2v) is 6.87. The summed E-state index contributed by atoms with van der Waals surface area (Å²) < 4.78 is 49.7. The molecule has 0 radical (unpaired) electrons. The standard InChI is InChI=1S/C24H21F3O4/c25-24(26,27)19-8-11-20(12-9-19)31-21-10-6-18(7-13-23(28)29)22(16-21)30-15-14-17-4-2-1-3-5-17/h1-6,8-12,16H,7,13-15H2,(H,28,29). The molecule has 0 unspecified atom stereocenters. The molecular weight excluding hydrogens is 409 g/mol. The van der Waals surface area contributed by atoms with Crippen molar-refractivity contribution in [3.8, 4) is 17.2 Å². The lowest BCUT2D eigenvalue weighted by atomic mass is 10.1. The summed E-state index contributed by atoms with van der Waals surface area (Å²) in [5.74, 6) is 0.206. The van der Waals surface area contributed by atoms with Crippen molar-refractivity contribution in [2.24, 2.45) is 0 Å². The van der Waals surface area contributed by atoms with Crippen molar-refractivity contribution in [2.75, 3.05) is 6.61 Å². The molecule has 0 spiro atoms. The van der Waals surface area contributed by atoms with Crippen LogP contribution >= 0.6 is 0 Å². The molecule has 0 amide bonds. The van der Waals surface area contributed by atoms with Crippen LogP contribution in [0.5, 0.6) is 17.2 Å². The Morgan fingerprint density at radius 1 is 0.871 bits per heavy atom. The van der Waals surface area contributed by atoms with Gasteiger partial charge < -0.3 is 14.6 Å². The molecule has 0 aromatic heterocycles. The summed E-state index contributed by atoms with van der Waals surface area (Å²) in [5.41, 5.74) is 1.07. The van der Waals surface area contributed by atoms with Gasteiger partial charge >= 0.3 is 12.1 Å². The highest BCUT2D eigenvalue weighted by Crippen LogP contribution is 2.33. The minimum absolute atomic E-state index is 0.0475. The van der Waals surface area contributed by atoms with Crippen LogP contribution in [0.15, 0.2) is 72.8 Å². The van der Waals surface area contributed by atoms with Crippen LogP contribution in [0.25, 0.3) is 0 Å². The number of halogens is 3. The summed E-state index contributed by atoms with van der Waals surface area (Å²) in [7, 11) is 0. The van der Waals surface area contributed by atoms with Crippen molar-refractivity contribution < 1.29 is 32.5 Å². The van der Waals surface area contributed by atoms with Crippen molar-refractivity contribution in [3.63, 3.8) is 0 Å². The zero-order chi connectivity index (χ0) is 22.3. The number of carboxylic acids is 1. The topological polar surface area (TPSA) is 55.8 Å². The third kappa shape index (κ3) is 6.77. The molecule has 0 aliphatic heterocycles. The molecule has 4 nitrogen and oxygen atoms in total. The molecule has 0 saturated heterocycles. The minimum atomic E-state index is -4.41. The molecule has 0 saturated carbocycles. The second kappa shape index (κ2) is 10.0. The van der Waals surface area contributed by atoms with Gasteiger partial charge in [-0.1, -0.05) is 36.4 Å². The average molecular weight is 430 g/mol. The van der Waals surface area contributed by atoms with Crippen LogP contribution in [0.2, 0.25) is 0 Å². The van der Waals surface area contributed by atoms with E-state index in [0.717, 1.165) is 23.3 Å². The van der Waals surface area contributed by atoms with Crippen molar-refractivity contribution in [1.82, 2.24) is 0 Å². The third-order valence-electron chi connectivity index (χ3n) is 4.56. The number of aliphatic carboxylic acids is 1. The van der Waals surface area contributed by atoms with Gasteiger partial charge in [0.25, 0.3) is 0 Å². The average Bonchev–Trinajstić information content (AvgIpc) is 2.73. The number of benzene rings is 3. The van der Waals surface area contributed by atoms with Gasteiger partial charge in [-0.05, 0) is 47.9 Å². The van der Waals surface area contributed by atoms with Crippen molar-refractivity contribution in [2.45, 2.75) is 25.4 Å². The van der Waals surface area contributed by atoms with Gasteiger partial charge in [-0.3, -0.25) is 4.79 Å². The predicted octanol–water partition coefficient (Wildman–Crippen LogP) is 6.14. The maximum Gasteiger partial charge on any atom is 0.416 e. The van der Waals surface area contributed by atoms with E-state index in [1.165, 1.54) is 12.1 Å². The fraction of sp³-hybridized carbons (Fsp3) is 0.208. The number of alkyl halides is 3. The summed E-state index contributed by atoms with van der Waals surface area (Å²) in [6, 6.07) is 19.1. The van der Waals surface area contributed by atoms with Gasteiger partial charge in [0.15, 0.2) is 0 Å². The molecule has 0 atom stereocenters. The molecule has 3 aromatic carbocycles. The van der Waals surface area contributed by atoms with E-state index in [2.05, 4.69) is 0 Å². The van der Waals surface area contributed by atoms with E-state index >= 15 is 0 Å². The summed E-state index contributed by atoms with van der Waals surface area (Å²) in [6.07, 6.45) is -3.50. The number of ether oxygens (including phenoxy) is 2. The fourth-order valence-electron chi connectivity index (χ4n) is 2.95. The van der Waals surface area contributed by atoms with E-state index in [1.807, 2.05) is 30.3 Å². The number of hydrogen-bond donors (Lipinski definition) is 1. The molecule has 0 fully saturated rings. The first-order chi connectivity index (χ1) is 14.8. The molecule has 31 heavy (non-hydrogen) atoms. The SMILES string of the molecule is O=C(O)CCc1ccc(Oc2ccc(C(F)(F)F)cc2)cc1OCCc1ccccc1. The number of carbonyl (C=O) groups is 1. The van der Waals surface area contributed by atoms with E-state index < -0.39 is 17.7 Å². The van der Waals surface area contributed by atoms with Gasteiger partial charge in [-0.25, -0.2) is 0 Å². The van der Waals surface area contributed by atoms with Crippen LogP contribution in [0, 0.1) is 0 Å². The van der Waals surface area contributed by atoms with Crippen LogP contribution in [0.4, 0.5) is 13.2 Å². The van der Waals surface area contributed by atoms with Gasteiger partial charge in [0.2, 0.25) is 0 Å². The predicted molar refractivity (Wildman–Crippen MR) is 110 cm³/mol. The van der Waals surface area contributed by atoms with E-state index in [4.69, 9.17) is 14.6 Å². The fourth-order valence-corrected chi connectivity index (χ4v) is 2.95. The molecule has 3 aromatic rings. The van der Waals surface area contributed by atoms with E-state index in [-0.39, 0.29) is 18.6 Å². The lowest BCUT2D eigenvalue weighted by Crippen LogP contribution is -2.05. The Hall–Kier alpha value is -3.48. The number of hydrogen-bond acceptors (Lipinski definition) is 3. The first kappa shape index (κ1) is 22.2. The molecule has 7 heteroatoms. The van der Waals surface area contributed by atoms with Crippen molar-refractivity contribution in [1.29, 1.82) is 0 Å². The Bertz CT molecular complexity index is 1000. The number of aryl methyl sites for hydroxylation is 1. The van der Waals surface area contributed by atoms with Gasteiger partial charge in [-0.15, -0.1) is 0 Å². The molecular formula is C24H21F3O4. The molecule has 162 valence electrons. The lowest BCUT2D eigenvalue weighted by Gasteiger charge is -2.14. The first-order valence-corrected chi connectivity index (χ1v) is 9.68. The Labute approximate surface area is 177 Å². The highest BCUT2D eigenvalue weighted by molar-refractivity contribution is 5.67. The first-order valence-electron chi connectivity index (χ1n) is 9.68. The Kier molecular flexibility index (Phi) is 7.18. The van der Waals surface area contributed by atoms with Gasteiger partial charge in [-0.2, -0.15) is 13.2 Å². The highest BCUT2D eigenvalue weighted by Gasteiger charge is 2.30. The molecule has 0 bridgehead atoms.